The van der Waals surface area contributed by atoms with Crippen LogP contribution in [0.4, 0.5) is 0 Å². The van der Waals surface area contributed by atoms with E-state index in [1.165, 1.54) is 57.8 Å². The summed E-state index contributed by atoms with van der Waals surface area (Å²) in [4.78, 5) is 23.8. The van der Waals surface area contributed by atoms with Crippen LogP contribution in [0.3, 0.4) is 0 Å². The van der Waals surface area contributed by atoms with Crippen LogP contribution in [0.1, 0.15) is 106 Å². The van der Waals surface area contributed by atoms with E-state index < -0.39 is 0 Å². The van der Waals surface area contributed by atoms with E-state index >= 15 is 0 Å². The second kappa shape index (κ2) is 11.3. The monoisotopic (exact) mass is 419 g/mol. The van der Waals surface area contributed by atoms with Crippen molar-refractivity contribution in [3.05, 3.63) is 47.5 Å². The highest BCUT2D eigenvalue weighted by atomic mass is 16.1. The maximum Gasteiger partial charge on any atom is 0.159 e. The lowest BCUT2D eigenvalue weighted by Crippen LogP contribution is -1.99. The van der Waals surface area contributed by atoms with Crippen molar-refractivity contribution < 1.29 is 9.59 Å². The standard InChI is InChI=1S/C28H37NO2/c1-4-5-6-7-8-9-10-11-12-13-18-29-27-16-14-23(21(2)30)19-25(27)26-20-24(22(3)31)15-17-28(26)29/h14-17,19-20H,4-13,18H2,1-3H3. The summed E-state index contributed by atoms with van der Waals surface area (Å²) in [7, 11) is 0. The lowest BCUT2D eigenvalue weighted by Gasteiger charge is -2.08. The number of Topliss-reactive ketones (excluding diaryl/α,β-unsaturated/α-hetero) is 2. The van der Waals surface area contributed by atoms with E-state index in [0.717, 1.165) is 45.9 Å². The van der Waals surface area contributed by atoms with Gasteiger partial charge in [-0.25, -0.2) is 0 Å². The fourth-order valence-electron chi connectivity index (χ4n) is 4.54. The predicted octanol–water partition coefficient (Wildman–Crippen LogP) is 8.12. The van der Waals surface area contributed by atoms with Crippen LogP contribution in [-0.4, -0.2) is 16.1 Å². The van der Waals surface area contributed by atoms with Gasteiger partial charge >= 0.3 is 0 Å². The van der Waals surface area contributed by atoms with Crippen LogP contribution in [0.5, 0.6) is 0 Å². The third kappa shape index (κ3) is 5.84. The molecule has 0 N–H and O–H groups in total. The first-order chi connectivity index (χ1) is 15.0. The molecule has 0 spiro atoms. The molecule has 0 radical (unpaired) electrons. The highest BCUT2D eigenvalue weighted by Crippen LogP contribution is 2.31. The molecule has 0 aliphatic carbocycles. The molecule has 0 atom stereocenters. The number of benzene rings is 2. The number of aromatic nitrogens is 1. The van der Waals surface area contributed by atoms with Gasteiger partial charge in [0.25, 0.3) is 0 Å². The normalized spacial score (nSPS) is 11.5. The van der Waals surface area contributed by atoms with Crippen LogP contribution in [0.15, 0.2) is 36.4 Å². The number of carbonyl (C=O) groups excluding carboxylic acids is 2. The summed E-state index contributed by atoms with van der Waals surface area (Å²) in [6.45, 7) is 6.44. The molecule has 0 amide bonds. The minimum absolute atomic E-state index is 0.0696. The largest absolute Gasteiger partial charge is 0.340 e. The molecule has 2 aromatic carbocycles. The molecule has 166 valence electrons. The maximum absolute atomic E-state index is 11.9. The number of aryl methyl sites for hydroxylation is 1. The van der Waals surface area contributed by atoms with Gasteiger partial charge in [-0.1, -0.05) is 64.7 Å². The molecule has 1 aromatic heterocycles. The molecule has 0 aliphatic heterocycles. The van der Waals surface area contributed by atoms with E-state index in [2.05, 4.69) is 23.6 Å². The molecule has 3 nitrogen and oxygen atoms in total. The van der Waals surface area contributed by atoms with Gasteiger partial charge < -0.3 is 4.57 Å². The molecular formula is C28H37NO2. The summed E-state index contributed by atoms with van der Waals surface area (Å²) in [5, 5.41) is 2.13. The highest BCUT2D eigenvalue weighted by molar-refractivity contribution is 6.12. The van der Waals surface area contributed by atoms with Gasteiger partial charge in [0, 0.05) is 39.5 Å². The average Bonchev–Trinajstić information content (AvgIpc) is 3.07. The van der Waals surface area contributed by atoms with Crippen LogP contribution >= 0.6 is 0 Å². The molecule has 3 rings (SSSR count). The Morgan fingerprint density at radius 1 is 0.645 bits per heavy atom. The Labute approximate surface area is 186 Å². The van der Waals surface area contributed by atoms with Crippen molar-refractivity contribution in [2.24, 2.45) is 0 Å². The molecule has 1 heterocycles. The zero-order chi connectivity index (χ0) is 22.2. The number of rotatable bonds is 13. The van der Waals surface area contributed by atoms with Gasteiger partial charge in [-0.15, -0.1) is 0 Å². The smallest absolute Gasteiger partial charge is 0.159 e. The van der Waals surface area contributed by atoms with Crippen molar-refractivity contribution in [3.8, 4) is 0 Å². The predicted molar refractivity (Wildman–Crippen MR) is 131 cm³/mol. The third-order valence-electron chi connectivity index (χ3n) is 6.41. The quantitative estimate of drug-likeness (QED) is 0.207. The second-order valence-corrected chi connectivity index (χ2v) is 8.91. The number of ketones is 2. The topological polar surface area (TPSA) is 39.1 Å². The molecule has 0 fully saturated rings. The minimum atomic E-state index is 0.0696. The third-order valence-corrected chi connectivity index (χ3v) is 6.41. The zero-order valence-corrected chi connectivity index (χ0v) is 19.5. The van der Waals surface area contributed by atoms with Gasteiger partial charge in [-0.3, -0.25) is 9.59 Å². The van der Waals surface area contributed by atoms with Crippen molar-refractivity contribution in [2.45, 2.75) is 91.5 Å². The second-order valence-electron chi connectivity index (χ2n) is 8.91. The summed E-state index contributed by atoms with van der Waals surface area (Å²) in [5.41, 5.74) is 3.74. The van der Waals surface area contributed by atoms with Crippen molar-refractivity contribution in [2.75, 3.05) is 0 Å². The molecule has 0 saturated carbocycles. The Balaban J connectivity index is 1.69. The molecule has 3 aromatic rings. The van der Waals surface area contributed by atoms with Crippen LogP contribution < -0.4 is 0 Å². The lowest BCUT2D eigenvalue weighted by molar-refractivity contribution is 0.100. The van der Waals surface area contributed by atoms with Gasteiger partial charge in [0.2, 0.25) is 0 Å². The van der Waals surface area contributed by atoms with E-state index in [-0.39, 0.29) is 11.6 Å². The minimum Gasteiger partial charge on any atom is -0.340 e. The number of hydrogen-bond donors (Lipinski definition) is 0. The van der Waals surface area contributed by atoms with Crippen molar-refractivity contribution in [1.82, 2.24) is 4.57 Å². The number of nitrogens with zero attached hydrogens (tertiary/aromatic N) is 1. The summed E-state index contributed by atoms with van der Waals surface area (Å²) in [6.07, 6.45) is 13.2. The van der Waals surface area contributed by atoms with Crippen LogP contribution in [0, 0.1) is 0 Å². The first kappa shape index (κ1) is 23.2. The molecule has 3 heteroatoms. The Hall–Kier alpha value is -2.42. The van der Waals surface area contributed by atoms with Gasteiger partial charge in [0.05, 0.1) is 0 Å². The van der Waals surface area contributed by atoms with Gasteiger partial charge in [0.15, 0.2) is 11.6 Å². The van der Waals surface area contributed by atoms with Crippen LogP contribution in [-0.2, 0) is 6.54 Å². The first-order valence-electron chi connectivity index (χ1n) is 12.1. The molecule has 0 bridgehead atoms. The number of carbonyl (C=O) groups is 2. The fourth-order valence-corrected chi connectivity index (χ4v) is 4.54. The molecule has 31 heavy (non-hydrogen) atoms. The Kier molecular flexibility index (Phi) is 8.45. The van der Waals surface area contributed by atoms with E-state index in [1.807, 2.05) is 24.3 Å². The highest BCUT2D eigenvalue weighted by Gasteiger charge is 2.14. The fraction of sp³-hybridized carbons (Fsp3) is 0.500. The van der Waals surface area contributed by atoms with Crippen molar-refractivity contribution in [1.29, 1.82) is 0 Å². The molecule has 0 unspecified atom stereocenters. The van der Waals surface area contributed by atoms with Gasteiger partial charge in [-0.2, -0.15) is 0 Å². The van der Waals surface area contributed by atoms with E-state index in [4.69, 9.17) is 0 Å². The van der Waals surface area contributed by atoms with Gasteiger partial charge in [0.1, 0.15) is 0 Å². The number of hydrogen-bond acceptors (Lipinski definition) is 2. The average molecular weight is 420 g/mol. The van der Waals surface area contributed by atoms with Crippen molar-refractivity contribution in [3.63, 3.8) is 0 Å². The number of unbranched alkanes of at least 4 members (excludes halogenated alkanes) is 9. The molecule has 0 saturated heterocycles. The number of fused-ring (bicyclic) bond motifs is 3. The summed E-state index contributed by atoms with van der Waals surface area (Å²) >= 11 is 0. The zero-order valence-electron chi connectivity index (χ0n) is 19.5. The summed E-state index contributed by atoms with van der Waals surface area (Å²) in [5.74, 6) is 0.139. The Morgan fingerprint density at radius 2 is 1.06 bits per heavy atom. The molecular weight excluding hydrogens is 382 g/mol. The van der Waals surface area contributed by atoms with E-state index in [1.54, 1.807) is 13.8 Å². The van der Waals surface area contributed by atoms with Gasteiger partial charge in [-0.05, 0) is 56.7 Å². The summed E-state index contributed by atoms with van der Waals surface area (Å²) in [6, 6.07) is 11.9. The Bertz CT molecular complexity index is 973. The van der Waals surface area contributed by atoms with Crippen molar-refractivity contribution >= 4 is 33.4 Å². The Morgan fingerprint density at radius 3 is 1.48 bits per heavy atom. The summed E-state index contributed by atoms with van der Waals surface area (Å²) < 4.78 is 2.36. The maximum atomic E-state index is 11.9. The SMILES string of the molecule is CCCCCCCCCCCCn1c2ccc(C(C)=O)cc2c2cc(C(C)=O)ccc21. The van der Waals surface area contributed by atoms with Crippen LogP contribution in [0.25, 0.3) is 21.8 Å². The first-order valence-corrected chi connectivity index (χ1v) is 12.1. The molecule has 0 aliphatic rings. The lowest BCUT2D eigenvalue weighted by atomic mass is 10.0. The van der Waals surface area contributed by atoms with Crippen LogP contribution in [0.2, 0.25) is 0 Å². The van der Waals surface area contributed by atoms with E-state index in [0.29, 0.717) is 0 Å². The van der Waals surface area contributed by atoms with E-state index in [9.17, 15) is 9.59 Å².